The number of hydrogen-bond acceptors (Lipinski definition) is 5. The van der Waals surface area contributed by atoms with Gasteiger partial charge in [-0.3, -0.25) is 19.4 Å². The predicted octanol–water partition coefficient (Wildman–Crippen LogP) is 7.57. The van der Waals surface area contributed by atoms with Gasteiger partial charge in [-0.1, -0.05) is 60.7 Å². The first-order valence-corrected chi connectivity index (χ1v) is 15.6. The Hall–Kier alpha value is -4.74. The Morgan fingerprint density at radius 2 is 1.48 bits per heavy atom. The summed E-state index contributed by atoms with van der Waals surface area (Å²) in [4.78, 5) is 44.8. The zero-order valence-electron chi connectivity index (χ0n) is 23.3. The first-order valence-electron chi connectivity index (χ1n) is 13.6. The fourth-order valence-corrected chi connectivity index (χ4v) is 5.64. The molecule has 218 valence electrons. The fourth-order valence-electron chi connectivity index (χ4n) is 4.19. The van der Waals surface area contributed by atoms with E-state index in [2.05, 4.69) is 43.5 Å². The van der Waals surface area contributed by atoms with Crippen LogP contribution < -0.4 is 16.0 Å². The van der Waals surface area contributed by atoms with Crippen LogP contribution >= 0.6 is 34.4 Å². The highest BCUT2D eigenvalue weighted by molar-refractivity contribution is 14.1. The van der Waals surface area contributed by atoms with Crippen molar-refractivity contribution in [2.75, 3.05) is 10.6 Å². The fraction of sp³-hybridized carbons (Fsp3) is 0.0286. The number of amides is 3. The number of aromatic nitrogens is 1. The van der Waals surface area contributed by atoms with Crippen LogP contribution in [0.2, 0.25) is 0 Å². The topological polar surface area (TPSA) is 100 Å². The van der Waals surface area contributed by atoms with Crippen molar-refractivity contribution < 1.29 is 14.4 Å². The summed E-state index contributed by atoms with van der Waals surface area (Å²) in [6, 6.07) is 36.6. The van der Waals surface area contributed by atoms with Crippen molar-refractivity contribution in [1.82, 2.24) is 10.3 Å². The van der Waals surface area contributed by atoms with Gasteiger partial charge in [0.15, 0.2) is 0 Å². The maximum atomic E-state index is 13.5. The van der Waals surface area contributed by atoms with E-state index in [0.29, 0.717) is 22.5 Å². The van der Waals surface area contributed by atoms with Gasteiger partial charge in [0.05, 0.1) is 0 Å². The van der Waals surface area contributed by atoms with Crippen LogP contribution in [0.15, 0.2) is 144 Å². The molecule has 1 unspecified atom stereocenters. The minimum atomic E-state index is -0.548. The number of benzene rings is 4. The molecule has 1 atom stereocenters. The smallest absolute Gasteiger partial charge is 0.272 e. The molecular formula is C35H27IN4O3S. The standard InChI is InChI=1S/C35H27IN4O3S/c36-27-16-18-28(19-17-27)38-35(43)32(25-10-3-1-4-11-25)44-30-15-7-14-29(22-30)39-34(42)31(21-24-9-8-20-37-23-24)40-33(41)26-12-5-2-6-13-26/h1-23,32H,(H,38,43)(H,39,42)(H,40,41)/b31-21-. The molecule has 4 aromatic carbocycles. The predicted molar refractivity (Wildman–Crippen MR) is 184 cm³/mol. The highest BCUT2D eigenvalue weighted by Gasteiger charge is 2.23. The van der Waals surface area contributed by atoms with E-state index in [9.17, 15) is 14.4 Å². The van der Waals surface area contributed by atoms with Crippen molar-refractivity contribution in [3.05, 3.63) is 160 Å². The van der Waals surface area contributed by atoms with Gasteiger partial charge in [0.1, 0.15) is 10.9 Å². The van der Waals surface area contributed by atoms with Crippen molar-refractivity contribution >= 4 is 69.5 Å². The zero-order chi connectivity index (χ0) is 30.7. The summed E-state index contributed by atoms with van der Waals surface area (Å²) in [5.41, 5.74) is 3.20. The van der Waals surface area contributed by atoms with E-state index in [4.69, 9.17) is 0 Å². The van der Waals surface area contributed by atoms with Crippen molar-refractivity contribution in [1.29, 1.82) is 0 Å². The van der Waals surface area contributed by atoms with Gasteiger partial charge in [0.25, 0.3) is 11.8 Å². The van der Waals surface area contributed by atoms with Gasteiger partial charge < -0.3 is 16.0 Å². The number of carbonyl (C=O) groups excluding carboxylic acids is 3. The maximum Gasteiger partial charge on any atom is 0.272 e. The normalized spacial score (nSPS) is 11.7. The van der Waals surface area contributed by atoms with E-state index in [1.165, 1.54) is 11.8 Å². The minimum absolute atomic E-state index is 0.0592. The molecule has 0 aliphatic carbocycles. The average Bonchev–Trinajstić information content (AvgIpc) is 3.06. The monoisotopic (exact) mass is 710 g/mol. The van der Waals surface area contributed by atoms with Crippen LogP contribution in [0.4, 0.5) is 11.4 Å². The minimum Gasteiger partial charge on any atom is -0.325 e. The van der Waals surface area contributed by atoms with Crippen LogP contribution in [0.5, 0.6) is 0 Å². The number of carbonyl (C=O) groups is 3. The second kappa shape index (κ2) is 15.1. The number of rotatable bonds is 10. The zero-order valence-corrected chi connectivity index (χ0v) is 26.3. The molecule has 0 spiro atoms. The molecule has 3 N–H and O–H groups in total. The van der Waals surface area contributed by atoms with Crippen molar-refractivity contribution in [3.8, 4) is 0 Å². The molecule has 1 aromatic heterocycles. The highest BCUT2D eigenvalue weighted by Crippen LogP contribution is 2.37. The number of thioether (sulfide) groups is 1. The lowest BCUT2D eigenvalue weighted by Gasteiger charge is -2.18. The number of anilines is 2. The molecule has 5 aromatic rings. The lowest BCUT2D eigenvalue weighted by molar-refractivity contribution is -0.116. The maximum absolute atomic E-state index is 13.5. The summed E-state index contributed by atoms with van der Waals surface area (Å²) in [5.74, 6) is -1.08. The molecule has 0 bridgehead atoms. The summed E-state index contributed by atoms with van der Waals surface area (Å²) < 4.78 is 1.08. The van der Waals surface area contributed by atoms with E-state index in [1.54, 1.807) is 67.0 Å². The second-order valence-corrected chi connectivity index (χ2v) is 12.0. The van der Waals surface area contributed by atoms with Gasteiger partial charge in [-0.05, 0) is 100 Å². The summed E-state index contributed by atoms with van der Waals surface area (Å²) in [6.45, 7) is 0. The molecule has 0 saturated heterocycles. The number of nitrogens with one attached hydrogen (secondary N) is 3. The Labute approximate surface area is 273 Å². The summed E-state index contributed by atoms with van der Waals surface area (Å²) in [6.07, 6.45) is 4.80. The van der Waals surface area contributed by atoms with Gasteiger partial charge in [-0.15, -0.1) is 11.8 Å². The molecule has 7 nitrogen and oxygen atoms in total. The van der Waals surface area contributed by atoms with E-state index in [-0.39, 0.29) is 11.6 Å². The Morgan fingerprint density at radius 1 is 0.750 bits per heavy atom. The Bertz CT molecular complexity index is 1770. The van der Waals surface area contributed by atoms with Crippen LogP contribution in [-0.4, -0.2) is 22.7 Å². The van der Waals surface area contributed by atoms with Crippen LogP contribution in [0, 0.1) is 3.57 Å². The number of hydrogen-bond donors (Lipinski definition) is 3. The van der Waals surface area contributed by atoms with E-state index < -0.39 is 17.1 Å². The summed E-state index contributed by atoms with van der Waals surface area (Å²) >= 11 is 3.60. The molecule has 0 aliphatic rings. The Balaban J connectivity index is 1.36. The van der Waals surface area contributed by atoms with Gasteiger partial charge >= 0.3 is 0 Å². The SMILES string of the molecule is O=C(Nc1cccc(SC(C(=O)Nc2ccc(I)cc2)c2ccccc2)c1)/C(=C/c1cccnc1)NC(=O)c1ccccc1. The van der Waals surface area contributed by atoms with Crippen molar-refractivity contribution in [3.63, 3.8) is 0 Å². The van der Waals surface area contributed by atoms with Gasteiger partial charge in [-0.25, -0.2) is 0 Å². The van der Waals surface area contributed by atoms with Gasteiger partial charge in [-0.2, -0.15) is 0 Å². The largest absolute Gasteiger partial charge is 0.325 e. The Kier molecular flexibility index (Phi) is 10.6. The molecule has 1 heterocycles. The van der Waals surface area contributed by atoms with E-state index in [0.717, 1.165) is 14.0 Å². The lowest BCUT2D eigenvalue weighted by Crippen LogP contribution is -2.30. The number of pyridine rings is 1. The highest BCUT2D eigenvalue weighted by atomic mass is 127. The molecule has 0 saturated carbocycles. The number of nitrogens with zero attached hydrogens (tertiary/aromatic N) is 1. The van der Waals surface area contributed by atoms with Crippen molar-refractivity contribution in [2.24, 2.45) is 0 Å². The quantitative estimate of drug-likeness (QED) is 0.0790. The molecule has 0 fully saturated rings. The van der Waals surface area contributed by atoms with Crippen LogP contribution in [0.3, 0.4) is 0 Å². The molecule has 0 radical (unpaired) electrons. The molecule has 5 rings (SSSR count). The van der Waals surface area contributed by atoms with Crippen LogP contribution in [-0.2, 0) is 9.59 Å². The molecule has 44 heavy (non-hydrogen) atoms. The van der Waals surface area contributed by atoms with Crippen LogP contribution in [0.1, 0.15) is 26.7 Å². The molecule has 3 amide bonds. The number of halogens is 1. The average molecular weight is 711 g/mol. The van der Waals surface area contributed by atoms with E-state index in [1.807, 2.05) is 72.8 Å². The first kappa shape index (κ1) is 30.7. The molecule has 9 heteroatoms. The second-order valence-electron chi connectivity index (χ2n) is 9.55. The summed E-state index contributed by atoms with van der Waals surface area (Å²) in [7, 11) is 0. The van der Waals surface area contributed by atoms with Gasteiger partial charge in [0, 0.05) is 37.8 Å². The third-order valence-corrected chi connectivity index (χ3v) is 8.29. The molecule has 0 aliphatic heterocycles. The summed E-state index contributed by atoms with van der Waals surface area (Å²) in [5, 5.41) is 8.10. The molecular weight excluding hydrogens is 683 g/mol. The third-order valence-electron chi connectivity index (χ3n) is 6.32. The Morgan fingerprint density at radius 3 is 2.18 bits per heavy atom. The van der Waals surface area contributed by atoms with Crippen LogP contribution in [0.25, 0.3) is 6.08 Å². The van der Waals surface area contributed by atoms with E-state index >= 15 is 0 Å². The third kappa shape index (κ3) is 8.65. The lowest BCUT2D eigenvalue weighted by atomic mass is 10.1. The first-order chi connectivity index (χ1) is 21.4. The van der Waals surface area contributed by atoms with Crippen molar-refractivity contribution in [2.45, 2.75) is 10.1 Å². The van der Waals surface area contributed by atoms with Gasteiger partial charge in [0.2, 0.25) is 5.91 Å².